The number of nitrogens with zero attached hydrogens (tertiary/aromatic N) is 1. The maximum atomic E-state index is 13.3. The fourth-order valence-electron chi connectivity index (χ4n) is 3.20. The molecule has 1 aliphatic rings. The number of carbonyl (C=O) groups excluding carboxylic acids is 2. The molecule has 2 aromatic rings. The molecule has 0 spiro atoms. The van der Waals surface area contributed by atoms with Crippen LogP contribution in [-0.2, 0) is 9.53 Å². The summed E-state index contributed by atoms with van der Waals surface area (Å²) in [5.41, 5.74) is 1.40. The van der Waals surface area contributed by atoms with Crippen LogP contribution in [0.2, 0.25) is 0 Å². The van der Waals surface area contributed by atoms with Gasteiger partial charge in [0.25, 0.3) is 5.91 Å². The van der Waals surface area contributed by atoms with E-state index >= 15 is 0 Å². The van der Waals surface area contributed by atoms with Gasteiger partial charge in [-0.25, -0.2) is 4.39 Å². The highest BCUT2D eigenvalue weighted by Crippen LogP contribution is 2.21. The minimum Gasteiger partial charge on any atom is -0.379 e. The summed E-state index contributed by atoms with van der Waals surface area (Å²) in [5, 5.41) is 5.49. The summed E-state index contributed by atoms with van der Waals surface area (Å²) >= 11 is 3.32. The molecule has 1 heterocycles. The molecule has 2 N–H and O–H groups in total. The number of ether oxygens (including phenoxy) is 1. The molecule has 0 radical (unpaired) electrons. The van der Waals surface area contributed by atoms with Crippen molar-refractivity contribution < 1.29 is 18.7 Å². The van der Waals surface area contributed by atoms with Crippen LogP contribution < -0.4 is 10.6 Å². The molecule has 0 saturated carbocycles. The summed E-state index contributed by atoms with van der Waals surface area (Å²) in [7, 11) is 0. The Labute approximate surface area is 177 Å². The molecular weight excluding hydrogens is 441 g/mol. The molecule has 1 aliphatic heterocycles. The predicted octanol–water partition coefficient (Wildman–Crippen LogP) is 2.51. The van der Waals surface area contributed by atoms with E-state index in [1.165, 1.54) is 12.1 Å². The van der Waals surface area contributed by atoms with Crippen molar-refractivity contribution in [2.24, 2.45) is 0 Å². The van der Waals surface area contributed by atoms with Crippen LogP contribution in [0.1, 0.15) is 22.0 Å². The van der Waals surface area contributed by atoms with Crippen molar-refractivity contribution in [2.45, 2.75) is 6.04 Å². The standard InChI is InChI=1S/C21H23BrFN3O3/c22-17-3-1-2-16(12-17)21(28)25-14-20(27)24-13-19(26-8-10-29-11-9-26)15-4-6-18(23)7-5-15/h1-7,12,19H,8-11,13-14H2,(H,24,27)(H,25,28). The zero-order chi connectivity index (χ0) is 20.6. The second kappa shape index (κ2) is 10.5. The summed E-state index contributed by atoms with van der Waals surface area (Å²) in [6.07, 6.45) is 0. The van der Waals surface area contributed by atoms with Crippen LogP contribution in [0, 0.1) is 5.82 Å². The van der Waals surface area contributed by atoms with Crippen molar-refractivity contribution in [3.05, 3.63) is 69.9 Å². The van der Waals surface area contributed by atoms with E-state index in [2.05, 4.69) is 31.5 Å². The van der Waals surface area contributed by atoms with Crippen LogP contribution >= 0.6 is 15.9 Å². The number of halogens is 2. The Morgan fingerprint density at radius 2 is 1.83 bits per heavy atom. The van der Waals surface area contributed by atoms with E-state index in [1.807, 2.05) is 6.07 Å². The average molecular weight is 464 g/mol. The lowest BCUT2D eigenvalue weighted by molar-refractivity contribution is -0.120. The van der Waals surface area contributed by atoms with Gasteiger partial charge in [0.05, 0.1) is 25.8 Å². The van der Waals surface area contributed by atoms with Crippen LogP contribution in [0.3, 0.4) is 0 Å². The van der Waals surface area contributed by atoms with Gasteiger partial charge in [-0.05, 0) is 35.9 Å². The second-order valence-corrected chi connectivity index (χ2v) is 7.63. The Kier molecular flexibility index (Phi) is 7.74. The van der Waals surface area contributed by atoms with E-state index in [9.17, 15) is 14.0 Å². The van der Waals surface area contributed by atoms with Crippen molar-refractivity contribution in [2.75, 3.05) is 39.4 Å². The quantitative estimate of drug-likeness (QED) is 0.661. The smallest absolute Gasteiger partial charge is 0.251 e. The normalized spacial score (nSPS) is 15.5. The molecule has 0 aromatic heterocycles. The highest BCUT2D eigenvalue weighted by Gasteiger charge is 2.23. The van der Waals surface area contributed by atoms with Gasteiger partial charge in [0.15, 0.2) is 0 Å². The number of hydrogen-bond acceptors (Lipinski definition) is 4. The van der Waals surface area contributed by atoms with Gasteiger partial charge in [0.1, 0.15) is 5.82 Å². The van der Waals surface area contributed by atoms with Crippen molar-refractivity contribution in [3.8, 4) is 0 Å². The van der Waals surface area contributed by atoms with Crippen molar-refractivity contribution >= 4 is 27.7 Å². The molecule has 2 amide bonds. The maximum absolute atomic E-state index is 13.3. The van der Waals surface area contributed by atoms with Crippen LogP contribution in [0.25, 0.3) is 0 Å². The monoisotopic (exact) mass is 463 g/mol. The Morgan fingerprint density at radius 3 is 2.52 bits per heavy atom. The average Bonchev–Trinajstić information content (AvgIpc) is 2.74. The molecule has 0 bridgehead atoms. The maximum Gasteiger partial charge on any atom is 0.251 e. The highest BCUT2D eigenvalue weighted by molar-refractivity contribution is 9.10. The Bertz CT molecular complexity index is 841. The number of amides is 2. The predicted molar refractivity (Wildman–Crippen MR) is 111 cm³/mol. The topological polar surface area (TPSA) is 70.7 Å². The van der Waals surface area contributed by atoms with Crippen LogP contribution in [-0.4, -0.2) is 56.1 Å². The number of morpholine rings is 1. The minimum absolute atomic E-state index is 0.0933. The lowest BCUT2D eigenvalue weighted by Gasteiger charge is -2.35. The van der Waals surface area contributed by atoms with E-state index in [-0.39, 0.29) is 30.2 Å². The third kappa shape index (κ3) is 6.35. The van der Waals surface area contributed by atoms with Crippen LogP contribution in [0.5, 0.6) is 0 Å². The van der Waals surface area contributed by atoms with E-state index in [4.69, 9.17) is 4.74 Å². The minimum atomic E-state index is -0.315. The lowest BCUT2D eigenvalue weighted by Crippen LogP contribution is -2.45. The van der Waals surface area contributed by atoms with Gasteiger partial charge in [-0.2, -0.15) is 0 Å². The largest absolute Gasteiger partial charge is 0.379 e. The van der Waals surface area contributed by atoms with Gasteiger partial charge >= 0.3 is 0 Å². The first-order valence-corrected chi connectivity index (χ1v) is 10.2. The molecule has 1 fully saturated rings. The van der Waals surface area contributed by atoms with Crippen LogP contribution in [0.15, 0.2) is 53.0 Å². The Hall–Kier alpha value is -2.29. The van der Waals surface area contributed by atoms with Gasteiger partial charge in [0, 0.05) is 29.7 Å². The molecular formula is C21H23BrFN3O3. The van der Waals surface area contributed by atoms with Crippen LogP contribution in [0.4, 0.5) is 4.39 Å². The summed E-state index contributed by atoms with van der Waals surface area (Å²) in [5.74, 6) is -0.896. The number of hydrogen-bond donors (Lipinski definition) is 2. The fourth-order valence-corrected chi connectivity index (χ4v) is 3.60. The van der Waals surface area contributed by atoms with Gasteiger partial charge in [-0.15, -0.1) is 0 Å². The summed E-state index contributed by atoms with van der Waals surface area (Å²) in [4.78, 5) is 26.7. The first-order chi connectivity index (χ1) is 14.0. The molecule has 0 aliphatic carbocycles. The second-order valence-electron chi connectivity index (χ2n) is 6.71. The van der Waals surface area contributed by atoms with Crippen molar-refractivity contribution in [1.29, 1.82) is 0 Å². The Morgan fingerprint density at radius 1 is 1.10 bits per heavy atom. The molecule has 6 nitrogen and oxygen atoms in total. The highest BCUT2D eigenvalue weighted by atomic mass is 79.9. The Balaban J connectivity index is 1.56. The lowest BCUT2D eigenvalue weighted by atomic mass is 10.0. The van der Waals surface area contributed by atoms with Gasteiger partial charge in [-0.3, -0.25) is 14.5 Å². The third-order valence-electron chi connectivity index (χ3n) is 4.73. The summed E-state index contributed by atoms with van der Waals surface area (Å²) in [6.45, 7) is 2.94. The van der Waals surface area contributed by atoms with E-state index < -0.39 is 0 Å². The number of nitrogens with one attached hydrogen (secondary N) is 2. The fraction of sp³-hybridized carbons (Fsp3) is 0.333. The molecule has 1 saturated heterocycles. The molecule has 1 atom stereocenters. The number of carbonyl (C=O) groups is 2. The molecule has 29 heavy (non-hydrogen) atoms. The van der Waals surface area contributed by atoms with Gasteiger partial charge in [-0.1, -0.05) is 34.1 Å². The molecule has 8 heteroatoms. The first kappa shape index (κ1) is 21.4. The van der Waals surface area contributed by atoms with E-state index in [0.717, 1.165) is 23.1 Å². The van der Waals surface area contributed by atoms with Crippen molar-refractivity contribution in [1.82, 2.24) is 15.5 Å². The van der Waals surface area contributed by atoms with Gasteiger partial charge in [0.2, 0.25) is 5.91 Å². The zero-order valence-electron chi connectivity index (χ0n) is 15.9. The van der Waals surface area contributed by atoms with Gasteiger partial charge < -0.3 is 15.4 Å². The molecule has 1 unspecified atom stereocenters. The first-order valence-electron chi connectivity index (χ1n) is 9.40. The number of benzene rings is 2. The summed E-state index contributed by atoms with van der Waals surface area (Å²) in [6, 6.07) is 13.2. The third-order valence-corrected chi connectivity index (χ3v) is 5.22. The zero-order valence-corrected chi connectivity index (χ0v) is 17.5. The molecule has 3 rings (SSSR count). The molecule has 2 aromatic carbocycles. The number of rotatable bonds is 7. The van der Waals surface area contributed by atoms with E-state index in [0.29, 0.717) is 25.3 Å². The van der Waals surface area contributed by atoms with Crippen molar-refractivity contribution in [3.63, 3.8) is 0 Å². The van der Waals surface area contributed by atoms with E-state index in [1.54, 1.807) is 30.3 Å². The SMILES string of the molecule is O=C(CNC(=O)c1cccc(Br)c1)NCC(c1ccc(F)cc1)N1CCOCC1. The molecule has 154 valence electrons. The summed E-state index contributed by atoms with van der Waals surface area (Å²) < 4.78 is 19.5.